The number of hydrogen-bond donors (Lipinski definition) is 2. The standard InChI is InChI=1S/C18H17ClF2N4O2/c1-17(22)9-27-16(25-18(17,2)21)11-4-3-5-12(14(11)20)24-15(26)13-7-6-10(19)8-23-13/h3-8H,9,22H2,1-2H3,(H,24,26)/t17-,18+/m1/s1. The first-order valence-corrected chi connectivity index (χ1v) is 8.41. The molecule has 6 nitrogen and oxygen atoms in total. The minimum atomic E-state index is -2.14. The number of hydrogen-bond acceptors (Lipinski definition) is 5. The highest BCUT2D eigenvalue weighted by atomic mass is 35.5. The van der Waals surface area contributed by atoms with E-state index in [0.29, 0.717) is 5.02 Å². The van der Waals surface area contributed by atoms with E-state index in [1.54, 1.807) is 0 Å². The monoisotopic (exact) mass is 394 g/mol. The third kappa shape index (κ3) is 3.77. The topological polar surface area (TPSA) is 89.6 Å². The Kier molecular flexibility index (Phi) is 4.88. The first-order chi connectivity index (χ1) is 12.6. The quantitative estimate of drug-likeness (QED) is 0.781. The molecule has 1 aromatic carbocycles. The number of nitrogens with two attached hydrogens (primary N) is 1. The van der Waals surface area contributed by atoms with E-state index in [0.717, 1.165) is 0 Å². The molecule has 1 aromatic heterocycles. The molecular formula is C18H17ClF2N4O2. The number of pyridine rings is 1. The zero-order valence-corrected chi connectivity index (χ0v) is 15.3. The van der Waals surface area contributed by atoms with E-state index in [9.17, 15) is 13.6 Å². The number of carbonyl (C=O) groups is 1. The number of amides is 1. The fraction of sp³-hybridized carbons (Fsp3) is 0.278. The molecule has 2 heterocycles. The van der Waals surface area contributed by atoms with Crippen LogP contribution in [-0.4, -0.2) is 34.7 Å². The van der Waals surface area contributed by atoms with Gasteiger partial charge in [-0.25, -0.2) is 18.8 Å². The van der Waals surface area contributed by atoms with Crippen LogP contribution in [0.15, 0.2) is 41.5 Å². The van der Waals surface area contributed by atoms with E-state index in [1.165, 1.54) is 50.4 Å². The van der Waals surface area contributed by atoms with E-state index >= 15 is 0 Å². The molecule has 1 aliphatic heterocycles. The highest BCUT2D eigenvalue weighted by Gasteiger charge is 2.47. The number of benzene rings is 1. The molecule has 2 aromatic rings. The smallest absolute Gasteiger partial charge is 0.274 e. The molecule has 1 amide bonds. The maximum absolute atomic E-state index is 14.9. The molecule has 1 aliphatic rings. The molecule has 3 rings (SSSR count). The lowest BCUT2D eigenvalue weighted by atomic mass is 9.92. The van der Waals surface area contributed by atoms with E-state index in [2.05, 4.69) is 15.3 Å². The fourth-order valence-corrected chi connectivity index (χ4v) is 2.44. The second kappa shape index (κ2) is 6.86. The van der Waals surface area contributed by atoms with Crippen LogP contribution in [-0.2, 0) is 4.74 Å². The van der Waals surface area contributed by atoms with Gasteiger partial charge in [0.15, 0.2) is 5.82 Å². The molecule has 0 fully saturated rings. The Morgan fingerprint density at radius 3 is 2.70 bits per heavy atom. The van der Waals surface area contributed by atoms with Gasteiger partial charge in [-0.2, -0.15) is 0 Å². The molecule has 0 saturated carbocycles. The van der Waals surface area contributed by atoms with Gasteiger partial charge in [0.1, 0.15) is 17.8 Å². The van der Waals surface area contributed by atoms with Crippen molar-refractivity contribution in [2.45, 2.75) is 25.2 Å². The molecule has 0 bridgehead atoms. The maximum atomic E-state index is 14.9. The van der Waals surface area contributed by atoms with Crippen LogP contribution in [0.25, 0.3) is 0 Å². The Bertz CT molecular complexity index is 914. The van der Waals surface area contributed by atoms with Gasteiger partial charge in [-0.05, 0) is 38.1 Å². The second-order valence-electron chi connectivity index (χ2n) is 6.56. The predicted molar refractivity (Wildman–Crippen MR) is 98.2 cm³/mol. The molecule has 9 heteroatoms. The Balaban J connectivity index is 1.90. The van der Waals surface area contributed by atoms with Crippen molar-refractivity contribution in [2.24, 2.45) is 10.7 Å². The Hall–Kier alpha value is -2.58. The van der Waals surface area contributed by atoms with Crippen LogP contribution in [0.5, 0.6) is 0 Å². The summed E-state index contributed by atoms with van der Waals surface area (Å²) in [6.45, 7) is 2.48. The van der Waals surface area contributed by atoms with Crippen LogP contribution in [0.2, 0.25) is 5.02 Å². The maximum Gasteiger partial charge on any atom is 0.274 e. The van der Waals surface area contributed by atoms with Gasteiger partial charge >= 0.3 is 0 Å². The molecule has 0 unspecified atom stereocenters. The first-order valence-electron chi connectivity index (χ1n) is 8.03. The molecule has 2 atom stereocenters. The number of ether oxygens (including phenoxy) is 1. The zero-order valence-electron chi connectivity index (χ0n) is 14.6. The number of anilines is 1. The van der Waals surface area contributed by atoms with Crippen LogP contribution in [0.1, 0.15) is 29.9 Å². The number of aromatic nitrogens is 1. The number of rotatable bonds is 3. The van der Waals surface area contributed by atoms with Gasteiger partial charge in [0.2, 0.25) is 11.7 Å². The number of alkyl halides is 1. The average molecular weight is 395 g/mol. The van der Waals surface area contributed by atoms with Gasteiger partial charge in [-0.3, -0.25) is 4.79 Å². The summed E-state index contributed by atoms with van der Waals surface area (Å²) in [7, 11) is 0. The van der Waals surface area contributed by atoms with E-state index < -0.39 is 23.1 Å². The van der Waals surface area contributed by atoms with Gasteiger partial charge < -0.3 is 15.8 Å². The average Bonchev–Trinajstić information content (AvgIpc) is 2.60. The summed E-state index contributed by atoms with van der Waals surface area (Å²) in [6.07, 6.45) is 1.31. The number of halogens is 3. The van der Waals surface area contributed by atoms with Crippen molar-refractivity contribution in [2.75, 3.05) is 11.9 Å². The van der Waals surface area contributed by atoms with Crippen molar-refractivity contribution in [3.05, 3.63) is 58.6 Å². The lowest BCUT2D eigenvalue weighted by Gasteiger charge is -2.38. The fourth-order valence-electron chi connectivity index (χ4n) is 2.33. The van der Waals surface area contributed by atoms with Gasteiger partial charge in [-0.1, -0.05) is 17.7 Å². The summed E-state index contributed by atoms with van der Waals surface area (Å²) in [6, 6.07) is 7.12. The summed E-state index contributed by atoms with van der Waals surface area (Å²) in [4.78, 5) is 19.9. The molecule has 0 aliphatic carbocycles. The lowest BCUT2D eigenvalue weighted by Crippen LogP contribution is -2.59. The third-order valence-corrected chi connectivity index (χ3v) is 4.52. The summed E-state index contributed by atoms with van der Waals surface area (Å²) in [5, 5.41) is 2.78. The molecule has 27 heavy (non-hydrogen) atoms. The zero-order chi connectivity index (χ0) is 19.8. The SMILES string of the molecule is C[C@]1(F)N=C(c2cccc(NC(=O)c3ccc(Cl)cn3)c2F)OC[C@@]1(C)N. The van der Waals surface area contributed by atoms with E-state index in [-0.39, 0.29) is 29.4 Å². The Labute approximate surface area is 159 Å². The highest BCUT2D eigenvalue weighted by Crippen LogP contribution is 2.32. The normalized spacial score (nSPS) is 24.7. The van der Waals surface area contributed by atoms with Crippen molar-refractivity contribution < 1.29 is 18.3 Å². The third-order valence-electron chi connectivity index (χ3n) is 4.30. The van der Waals surface area contributed by atoms with Crippen LogP contribution in [0, 0.1) is 5.82 Å². The number of nitrogens with zero attached hydrogens (tertiary/aromatic N) is 2. The van der Waals surface area contributed by atoms with E-state index in [1.807, 2.05) is 0 Å². The minimum Gasteiger partial charge on any atom is -0.475 e. The Morgan fingerprint density at radius 1 is 1.33 bits per heavy atom. The van der Waals surface area contributed by atoms with Crippen molar-refractivity contribution in [1.29, 1.82) is 0 Å². The van der Waals surface area contributed by atoms with Crippen molar-refractivity contribution in [1.82, 2.24) is 4.98 Å². The molecule has 0 radical (unpaired) electrons. The van der Waals surface area contributed by atoms with Crippen LogP contribution < -0.4 is 11.1 Å². The van der Waals surface area contributed by atoms with Crippen molar-refractivity contribution >= 4 is 29.1 Å². The van der Waals surface area contributed by atoms with E-state index in [4.69, 9.17) is 22.1 Å². The van der Waals surface area contributed by atoms with Crippen LogP contribution >= 0.6 is 11.6 Å². The second-order valence-corrected chi connectivity index (χ2v) is 7.00. The lowest BCUT2D eigenvalue weighted by molar-refractivity contribution is 0.0293. The van der Waals surface area contributed by atoms with Gasteiger partial charge in [0.05, 0.1) is 16.3 Å². The first kappa shape index (κ1) is 19.2. The van der Waals surface area contributed by atoms with Crippen LogP contribution in [0.4, 0.5) is 14.5 Å². The molecule has 0 saturated heterocycles. The van der Waals surface area contributed by atoms with Gasteiger partial charge in [-0.15, -0.1) is 0 Å². The largest absolute Gasteiger partial charge is 0.475 e. The summed E-state index contributed by atoms with van der Waals surface area (Å²) in [5.74, 6) is -3.80. The number of nitrogens with one attached hydrogen (secondary N) is 1. The number of aliphatic imine (C=N–C) groups is 1. The number of carbonyl (C=O) groups excluding carboxylic acids is 1. The van der Waals surface area contributed by atoms with Gasteiger partial charge in [0.25, 0.3) is 5.91 Å². The molecule has 142 valence electrons. The molecule has 3 N–H and O–H groups in total. The summed E-state index contributed by atoms with van der Waals surface area (Å²) in [5.41, 5.74) is 4.33. The summed E-state index contributed by atoms with van der Waals surface area (Å²) >= 11 is 5.73. The van der Waals surface area contributed by atoms with Crippen molar-refractivity contribution in [3.8, 4) is 0 Å². The predicted octanol–water partition coefficient (Wildman–Crippen LogP) is 3.31. The summed E-state index contributed by atoms with van der Waals surface area (Å²) < 4.78 is 34.9. The Morgan fingerprint density at radius 2 is 2.07 bits per heavy atom. The molecule has 0 spiro atoms. The van der Waals surface area contributed by atoms with Crippen molar-refractivity contribution in [3.63, 3.8) is 0 Å². The van der Waals surface area contributed by atoms with Crippen LogP contribution in [0.3, 0.4) is 0 Å². The molecular weight excluding hydrogens is 378 g/mol. The highest BCUT2D eigenvalue weighted by molar-refractivity contribution is 6.30. The van der Waals surface area contributed by atoms with Gasteiger partial charge in [0, 0.05) is 6.20 Å². The minimum absolute atomic E-state index is 0.0608.